The monoisotopic (exact) mass is 428 g/mol. The van der Waals surface area contributed by atoms with Crippen molar-refractivity contribution in [3.8, 4) is 0 Å². The molecule has 7 heteroatoms. The number of amides is 1. The van der Waals surface area contributed by atoms with Gasteiger partial charge in [-0.05, 0) is 44.4 Å². The van der Waals surface area contributed by atoms with E-state index in [2.05, 4.69) is 40.2 Å². The number of hydrogen-bond acceptors (Lipinski definition) is 3. The number of hydrogen-bond donors (Lipinski definition) is 2. The normalized spacial score (nSPS) is 10.7. The van der Waals surface area contributed by atoms with Crippen LogP contribution in [0.15, 0.2) is 16.6 Å². The largest absolute Gasteiger partial charge is 0.397 e. The molecule has 0 radical (unpaired) electrons. The fraction of sp³-hybridized carbons (Fsp3) is 0.444. The van der Waals surface area contributed by atoms with Crippen LogP contribution in [-0.4, -0.2) is 15.7 Å². The van der Waals surface area contributed by atoms with E-state index in [1.54, 1.807) is 0 Å². The topological polar surface area (TPSA) is 72.9 Å². The van der Waals surface area contributed by atoms with Crippen LogP contribution >= 0.6 is 28.3 Å². The molecule has 5 nitrogen and oxygen atoms in total. The summed E-state index contributed by atoms with van der Waals surface area (Å²) in [6.07, 6.45) is 0.292. The van der Waals surface area contributed by atoms with Gasteiger partial charge in [-0.1, -0.05) is 29.8 Å². The second-order valence-electron chi connectivity index (χ2n) is 6.63. The first-order chi connectivity index (χ1) is 11.2. The van der Waals surface area contributed by atoms with E-state index in [0.717, 1.165) is 33.5 Å². The van der Waals surface area contributed by atoms with Crippen LogP contribution in [0.2, 0.25) is 0 Å². The van der Waals surface area contributed by atoms with Crippen LogP contribution in [0, 0.1) is 26.7 Å². The summed E-state index contributed by atoms with van der Waals surface area (Å²) in [6.45, 7) is 11.0. The standard InChI is InChI=1S/C18H25BrN4O.ClH/c1-10(2)9-23-13(5)15(12(4)22-23)8-17(24)21-16-7-14(19)6-11(3)18(16)20;/h6-7,10H,8-9,20H2,1-5H3,(H,21,24);1H. The maximum Gasteiger partial charge on any atom is 0.228 e. The van der Waals surface area contributed by atoms with Gasteiger partial charge in [0.05, 0.1) is 23.5 Å². The first-order valence-corrected chi connectivity index (χ1v) is 8.86. The van der Waals surface area contributed by atoms with E-state index in [-0.39, 0.29) is 18.3 Å². The molecule has 1 aromatic carbocycles. The van der Waals surface area contributed by atoms with Crippen LogP contribution < -0.4 is 11.1 Å². The summed E-state index contributed by atoms with van der Waals surface area (Å²) in [5.41, 5.74) is 11.2. The number of nitrogens with one attached hydrogen (secondary N) is 1. The van der Waals surface area contributed by atoms with E-state index in [4.69, 9.17) is 5.73 Å². The summed E-state index contributed by atoms with van der Waals surface area (Å²) in [5, 5.41) is 7.47. The summed E-state index contributed by atoms with van der Waals surface area (Å²) in [7, 11) is 0. The Morgan fingerprint density at radius 3 is 2.56 bits per heavy atom. The highest BCUT2D eigenvalue weighted by Crippen LogP contribution is 2.28. The predicted molar refractivity (Wildman–Crippen MR) is 109 cm³/mol. The Morgan fingerprint density at radius 2 is 1.96 bits per heavy atom. The van der Waals surface area contributed by atoms with Crippen molar-refractivity contribution < 1.29 is 4.79 Å². The van der Waals surface area contributed by atoms with Crippen LogP contribution in [0.4, 0.5) is 11.4 Å². The first-order valence-electron chi connectivity index (χ1n) is 8.07. The van der Waals surface area contributed by atoms with Gasteiger partial charge < -0.3 is 11.1 Å². The van der Waals surface area contributed by atoms with E-state index in [9.17, 15) is 4.79 Å². The van der Waals surface area contributed by atoms with Gasteiger partial charge in [-0.25, -0.2) is 0 Å². The molecule has 0 aliphatic heterocycles. The molecular formula is C18H26BrClN4O. The lowest BCUT2D eigenvalue weighted by atomic mass is 10.1. The molecule has 0 aliphatic carbocycles. The second-order valence-corrected chi connectivity index (χ2v) is 7.55. The number of aryl methyl sites for hydroxylation is 2. The summed E-state index contributed by atoms with van der Waals surface area (Å²) in [6, 6.07) is 3.75. The van der Waals surface area contributed by atoms with E-state index in [0.29, 0.717) is 23.7 Å². The Kier molecular flexibility index (Phi) is 7.50. The van der Waals surface area contributed by atoms with Gasteiger partial charge in [-0.2, -0.15) is 5.10 Å². The number of nitrogens with two attached hydrogens (primary N) is 1. The number of nitrogen functional groups attached to an aromatic ring is 1. The summed E-state index contributed by atoms with van der Waals surface area (Å²) >= 11 is 3.43. The fourth-order valence-electron chi connectivity index (χ4n) is 2.73. The third-order valence-corrected chi connectivity index (χ3v) is 4.49. The van der Waals surface area contributed by atoms with Gasteiger partial charge in [-0.15, -0.1) is 12.4 Å². The Morgan fingerprint density at radius 1 is 1.32 bits per heavy atom. The van der Waals surface area contributed by atoms with E-state index >= 15 is 0 Å². The average Bonchev–Trinajstić information content (AvgIpc) is 2.71. The highest BCUT2D eigenvalue weighted by Gasteiger charge is 2.16. The number of halogens is 2. The number of carbonyl (C=O) groups excluding carboxylic acids is 1. The van der Waals surface area contributed by atoms with Gasteiger partial charge in [-0.3, -0.25) is 9.48 Å². The van der Waals surface area contributed by atoms with Crippen molar-refractivity contribution in [1.29, 1.82) is 0 Å². The lowest BCUT2D eigenvalue weighted by Crippen LogP contribution is -2.17. The van der Waals surface area contributed by atoms with Crippen molar-refractivity contribution in [1.82, 2.24) is 9.78 Å². The number of nitrogens with zero attached hydrogens (tertiary/aromatic N) is 2. The van der Waals surface area contributed by atoms with Crippen LogP contribution in [0.1, 0.15) is 36.4 Å². The minimum atomic E-state index is -0.0884. The molecule has 0 saturated heterocycles. The molecule has 1 aromatic heterocycles. The van der Waals surface area contributed by atoms with E-state index < -0.39 is 0 Å². The number of benzene rings is 1. The van der Waals surface area contributed by atoms with Crippen LogP contribution in [0.25, 0.3) is 0 Å². The van der Waals surface area contributed by atoms with Crippen molar-refractivity contribution >= 4 is 45.6 Å². The molecule has 138 valence electrons. The quantitative estimate of drug-likeness (QED) is 0.691. The Balaban J connectivity index is 0.00000312. The number of carbonyl (C=O) groups is 1. The summed E-state index contributed by atoms with van der Waals surface area (Å²) in [5.74, 6) is 0.420. The molecule has 0 unspecified atom stereocenters. The molecule has 0 bridgehead atoms. The molecular weight excluding hydrogens is 404 g/mol. The number of aromatic nitrogens is 2. The molecule has 25 heavy (non-hydrogen) atoms. The predicted octanol–water partition coefficient (Wildman–Crippen LogP) is 4.41. The third-order valence-electron chi connectivity index (χ3n) is 4.03. The number of anilines is 2. The zero-order valence-electron chi connectivity index (χ0n) is 15.3. The van der Waals surface area contributed by atoms with Gasteiger partial charge >= 0.3 is 0 Å². The minimum absolute atomic E-state index is 0. The molecule has 2 rings (SSSR count). The molecule has 0 atom stereocenters. The lowest BCUT2D eigenvalue weighted by Gasteiger charge is -2.12. The molecule has 0 aliphatic rings. The van der Waals surface area contributed by atoms with E-state index in [1.807, 2.05) is 37.6 Å². The van der Waals surface area contributed by atoms with Crippen LogP contribution in [0.3, 0.4) is 0 Å². The van der Waals surface area contributed by atoms with Crippen molar-refractivity contribution in [2.45, 2.75) is 47.6 Å². The molecule has 0 saturated carbocycles. The SMILES string of the molecule is Cc1cc(Br)cc(NC(=O)Cc2c(C)nn(CC(C)C)c2C)c1N.Cl. The van der Waals surface area contributed by atoms with Gasteiger partial charge in [0.1, 0.15) is 0 Å². The van der Waals surface area contributed by atoms with Crippen molar-refractivity contribution in [2.75, 3.05) is 11.1 Å². The van der Waals surface area contributed by atoms with Gasteiger partial charge in [0.2, 0.25) is 5.91 Å². The smallest absolute Gasteiger partial charge is 0.228 e. The van der Waals surface area contributed by atoms with Crippen molar-refractivity contribution in [3.05, 3.63) is 39.1 Å². The minimum Gasteiger partial charge on any atom is -0.397 e. The Hall–Kier alpha value is -1.53. The maximum absolute atomic E-state index is 12.5. The third kappa shape index (κ3) is 5.22. The number of rotatable bonds is 5. The molecule has 1 amide bonds. The van der Waals surface area contributed by atoms with Crippen molar-refractivity contribution in [3.63, 3.8) is 0 Å². The summed E-state index contributed by atoms with van der Waals surface area (Å²) < 4.78 is 2.88. The van der Waals surface area contributed by atoms with Crippen LogP contribution in [0.5, 0.6) is 0 Å². The molecule has 0 fully saturated rings. The Bertz CT molecular complexity index is 771. The maximum atomic E-state index is 12.5. The first kappa shape index (κ1) is 21.5. The highest BCUT2D eigenvalue weighted by atomic mass is 79.9. The second kappa shape index (κ2) is 8.72. The summed E-state index contributed by atoms with van der Waals surface area (Å²) in [4.78, 5) is 12.5. The van der Waals surface area contributed by atoms with Gasteiger partial charge in [0, 0.05) is 22.3 Å². The molecule has 1 heterocycles. The van der Waals surface area contributed by atoms with E-state index in [1.165, 1.54) is 0 Å². The molecule has 2 aromatic rings. The molecule has 3 N–H and O–H groups in total. The highest BCUT2D eigenvalue weighted by molar-refractivity contribution is 9.10. The zero-order chi connectivity index (χ0) is 18.0. The lowest BCUT2D eigenvalue weighted by molar-refractivity contribution is -0.115. The molecule has 0 spiro atoms. The van der Waals surface area contributed by atoms with Crippen LogP contribution in [-0.2, 0) is 17.8 Å². The average molecular weight is 430 g/mol. The zero-order valence-corrected chi connectivity index (χ0v) is 17.7. The fourth-order valence-corrected chi connectivity index (χ4v) is 3.30. The Labute approximate surface area is 163 Å². The van der Waals surface area contributed by atoms with Gasteiger partial charge in [0.25, 0.3) is 0 Å². The van der Waals surface area contributed by atoms with Gasteiger partial charge in [0.15, 0.2) is 0 Å². The van der Waals surface area contributed by atoms with Crippen molar-refractivity contribution in [2.24, 2.45) is 5.92 Å².